The van der Waals surface area contributed by atoms with E-state index in [4.69, 9.17) is 14.5 Å². The molecule has 3 aromatic heterocycles. The summed E-state index contributed by atoms with van der Waals surface area (Å²) in [5.41, 5.74) is 3.06. The van der Waals surface area contributed by atoms with Crippen molar-refractivity contribution < 1.29 is 14.3 Å². The zero-order valence-electron chi connectivity index (χ0n) is 18.9. The number of nitrogens with zero attached hydrogens (tertiary/aromatic N) is 4. The number of para-hydroxylation sites is 1. The third-order valence-electron chi connectivity index (χ3n) is 5.74. The molecule has 0 saturated carbocycles. The van der Waals surface area contributed by atoms with Gasteiger partial charge in [-0.1, -0.05) is 18.2 Å². The summed E-state index contributed by atoms with van der Waals surface area (Å²) in [7, 11) is 0. The maximum absolute atomic E-state index is 13.9. The SMILES string of the molecule is CCN(Cc1cccc2c1OCCO2)C(=O)c1cc(-c2cccs2)nc2c1cnn2C(C)C. The summed E-state index contributed by atoms with van der Waals surface area (Å²) in [6.07, 6.45) is 1.75. The van der Waals surface area contributed by atoms with E-state index in [1.54, 1.807) is 17.5 Å². The third kappa shape index (κ3) is 3.95. The van der Waals surface area contributed by atoms with Crippen molar-refractivity contribution >= 4 is 28.3 Å². The lowest BCUT2D eigenvalue weighted by molar-refractivity contribution is 0.0751. The molecule has 33 heavy (non-hydrogen) atoms. The fourth-order valence-electron chi connectivity index (χ4n) is 4.09. The molecule has 1 amide bonds. The van der Waals surface area contributed by atoms with Crippen LogP contribution in [0.5, 0.6) is 11.5 Å². The van der Waals surface area contributed by atoms with Crippen LogP contribution in [-0.2, 0) is 6.54 Å². The third-order valence-corrected chi connectivity index (χ3v) is 6.63. The summed E-state index contributed by atoms with van der Waals surface area (Å²) in [4.78, 5) is 21.6. The zero-order chi connectivity index (χ0) is 22.9. The number of rotatable bonds is 6. The molecule has 1 aliphatic rings. The van der Waals surface area contributed by atoms with Gasteiger partial charge >= 0.3 is 0 Å². The van der Waals surface area contributed by atoms with Gasteiger partial charge in [-0.2, -0.15) is 5.10 Å². The van der Waals surface area contributed by atoms with E-state index in [9.17, 15) is 4.79 Å². The van der Waals surface area contributed by atoms with E-state index >= 15 is 0 Å². The minimum atomic E-state index is -0.0552. The second-order valence-corrected chi connectivity index (χ2v) is 9.16. The molecule has 4 aromatic rings. The lowest BCUT2D eigenvalue weighted by atomic mass is 10.1. The molecule has 4 heterocycles. The van der Waals surface area contributed by atoms with Crippen LogP contribution in [0, 0.1) is 0 Å². The minimum Gasteiger partial charge on any atom is -0.486 e. The molecule has 0 radical (unpaired) electrons. The molecular weight excluding hydrogens is 436 g/mol. The van der Waals surface area contributed by atoms with Crippen LogP contribution in [0.1, 0.15) is 42.7 Å². The molecule has 1 aliphatic heterocycles. The van der Waals surface area contributed by atoms with Crippen molar-refractivity contribution in [3.63, 3.8) is 0 Å². The van der Waals surface area contributed by atoms with Gasteiger partial charge in [0.1, 0.15) is 13.2 Å². The molecule has 0 bridgehead atoms. The van der Waals surface area contributed by atoms with Crippen molar-refractivity contribution in [2.45, 2.75) is 33.4 Å². The van der Waals surface area contributed by atoms with Gasteiger partial charge in [-0.25, -0.2) is 9.67 Å². The number of aromatic nitrogens is 3. The van der Waals surface area contributed by atoms with Crippen LogP contribution < -0.4 is 9.47 Å². The van der Waals surface area contributed by atoms with E-state index in [-0.39, 0.29) is 11.9 Å². The van der Waals surface area contributed by atoms with Crippen molar-refractivity contribution in [1.82, 2.24) is 19.7 Å². The van der Waals surface area contributed by atoms with Crippen LogP contribution in [0.4, 0.5) is 0 Å². The van der Waals surface area contributed by atoms with Crippen molar-refractivity contribution in [3.05, 3.63) is 59.1 Å². The number of hydrogen-bond donors (Lipinski definition) is 0. The van der Waals surface area contributed by atoms with Crippen molar-refractivity contribution in [2.75, 3.05) is 19.8 Å². The lowest BCUT2D eigenvalue weighted by Gasteiger charge is -2.25. The smallest absolute Gasteiger partial charge is 0.255 e. The van der Waals surface area contributed by atoms with Gasteiger partial charge in [0.05, 0.1) is 27.7 Å². The number of carbonyl (C=O) groups excluding carboxylic acids is 1. The molecular formula is C25H26N4O3S. The first-order valence-corrected chi connectivity index (χ1v) is 12.0. The number of hydrogen-bond acceptors (Lipinski definition) is 6. The van der Waals surface area contributed by atoms with E-state index in [1.165, 1.54) is 0 Å². The number of pyridine rings is 1. The van der Waals surface area contributed by atoms with Crippen LogP contribution in [0.15, 0.2) is 48.0 Å². The highest BCUT2D eigenvalue weighted by atomic mass is 32.1. The monoisotopic (exact) mass is 462 g/mol. The van der Waals surface area contributed by atoms with Crippen LogP contribution in [0.2, 0.25) is 0 Å². The summed E-state index contributed by atoms with van der Waals surface area (Å²) >= 11 is 1.61. The average Bonchev–Trinajstić information content (AvgIpc) is 3.52. The van der Waals surface area contributed by atoms with Gasteiger partial charge in [0.2, 0.25) is 0 Å². The fraction of sp³-hybridized carbons (Fsp3) is 0.320. The maximum atomic E-state index is 13.9. The molecule has 170 valence electrons. The van der Waals surface area contributed by atoms with E-state index in [0.717, 1.165) is 38.7 Å². The maximum Gasteiger partial charge on any atom is 0.255 e. The molecule has 0 unspecified atom stereocenters. The molecule has 0 N–H and O–H groups in total. The number of amides is 1. The molecule has 8 heteroatoms. The quantitative estimate of drug-likeness (QED) is 0.395. The summed E-state index contributed by atoms with van der Waals surface area (Å²) < 4.78 is 13.5. The Morgan fingerprint density at radius 1 is 1.21 bits per heavy atom. The van der Waals surface area contributed by atoms with E-state index in [1.807, 2.05) is 58.3 Å². The van der Waals surface area contributed by atoms with Gasteiger partial charge in [-0.15, -0.1) is 11.3 Å². The van der Waals surface area contributed by atoms with Crippen molar-refractivity contribution in [2.24, 2.45) is 0 Å². The van der Waals surface area contributed by atoms with Crippen molar-refractivity contribution in [1.29, 1.82) is 0 Å². The molecule has 7 nitrogen and oxygen atoms in total. The Labute approximate surface area is 196 Å². The lowest BCUT2D eigenvalue weighted by Crippen LogP contribution is -2.31. The molecule has 0 spiro atoms. The molecule has 0 atom stereocenters. The van der Waals surface area contributed by atoms with Crippen LogP contribution >= 0.6 is 11.3 Å². The summed E-state index contributed by atoms with van der Waals surface area (Å²) in [5, 5.41) is 7.32. The van der Waals surface area contributed by atoms with Gasteiger partial charge in [-0.05, 0) is 44.4 Å². The average molecular weight is 463 g/mol. The predicted molar refractivity (Wildman–Crippen MR) is 129 cm³/mol. The first-order chi connectivity index (χ1) is 16.1. The van der Waals surface area contributed by atoms with Crippen LogP contribution in [0.25, 0.3) is 21.6 Å². The Morgan fingerprint density at radius 3 is 2.82 bits per heavy atom. The Morgan fingerprint density at radius 2 is 2.06 bits per heavy atom. The van der Waals surface area contributed by atoms with Gasteiger partial charge in [0.25, 0.3) is 5.91 Å². The molecule has 5 rings (SSSR count). The van der Waals surface area contributed by atoms with Crippen LogP contribution in [-0.4, -0.2) is 45.3 Å². The number of fused-ring (bicyclic) bond motifs is 2. The van der Waals surface area contributed by atoms with Gasteiger partial charge in [0, 0.05) is 24.7 Å². The van der Waals surface area contributed by atoms with Gasteiger partial charge in [-0.3, -0.25) is 4.79 Å². The van der Waals surface area contributed by atoms with E-state index < -0.39 is 0 Å². The standard InChI is InChI=1S/C25H26N4O3S/c1-4-28(15-17-7-5-8-21-23(17)32-11-10-31-21)25(30)18-13-20(22-9-6-12-33-22)27-24-19(18)14-26-29(24)16(2)3/h5-9,12-14,16H,4,10-11,15H2,1-3H3. The highest BCUT2D eigenvalue weighted by Crippen LogP contribution is 2.35. The summed E-state index contributed by atoms with van der Waals surface area (Å²) in [5.74, 6) is 1.40. The first-order valence-electron chi connectivity index (χ1n) is 11.2. The number of benzene rings is 1. The Kier molecular flexibility index (Phi) is 5.76. The highest BCUT2D eigenvalue weighted by Gasteiger charge is 2.24. The highest BCUT2D eigenvalue weighted by molar-refractivity contribution is 7.13. The predicted octanol–water partition coefficient (Wildman–Crippen LogP) is 5.17. The summed E-state index contributed by atoms with van der Waals surface area (Å²) in [6, 6.07) is 11.9. The van der Waals surface area contributed by atoms with Crippen LogP contribution in [0.3, 0.4) is 0 Å². The normalized spacial score (nSPS) is 13.0. The topological polar surface area (TPSA) is 69.5 Å². The van der Waals surface area contributed by atoms with Crippen molar-refractivity contribution in [3.8, 4) is 22.1 Å². The Balaban J connectivity index is 1.57. The number of ether oxygens (including phenoxy) is 2. The zero-order valence-corrected chi connectivity index (χ0v) is 19.8. The van der Waals surface area contributed by atoms with Gasteiger partial charge in [0.15, 0.2) is 17.1 Å². The second kappa shape index (κ2) is 8.86. The minimum absolute atomic E-state index is 0.0552. The van der Waals surface area contributed by atoms with Gasteiger partial charge < -0.3 is 14.4 Å². The molecule has 0 saturated heterocycles. The Hall–Kier alpha value is -3.39. The van der Waals surface area contributed by atoms with E-state index in [2.05, 4.69) is 18.9 Å². The van der Waals surface area contributed by atoms with E-state index in [0.29, 0.717) is 31.9 Å². The molecule has 0 aliphatic carbocycles. The second-order valence-electron chi connectivity index (χ2n) is 8.21. The number of carbonyl (C=O) groups is 1. The first kappa shape index (κ1) is 21.5. The number of thiophene rings is 1. The summed E-state index contributed by atoms with van der Waals surface area (Å²) in [6.45, 7) is 8.14. The molecule has 1 aromatic carbocycles. The molecule has 0 fully saturated rings. The Bertz CT molecular complexity index is 1300. The fourth-order valence-corrected chi connectivity index (χ4v) is 4.77. The largest absolute Gasteiger partial charge is 0.486 e.